The Hall–Kier alpha value is -0.680. The third-order valence-corrected chi connectivity index (χ3v) is 2.51. The van der Waals surface area contributed by atoms with Gasteiger partial charge in [0.15, 0.2) is 0 Å². The Morgan fingerprint density at radius 3 is 2.60 bits per heavy atom. The first-order valence-electron chi connectivity index (χ1n) is 5.09. The lowest BCUT2D eigenvalue weighted by Gasteiger charge is -2.28. The lowest BCUT2D eigenvalue weighted by atomic mass is 10.2. The van der Waals surface area contributed by atoms with E-state index in [-0.39, 0.29) is 18.6 Å². The number of nitrogens with two attached hydrogens (primary N) is 1. The van der Waals surface area contributed by atoms with E-state index in [2.05, 4.69) is 0 Å². The molecule has 0 radical (unpaired) electrons. The van der Waals surface area contributed by atoms with Crippen molar-refractivity contribution < 1.29 is 9.53 Å². The zero-order valence-corrected chi connectivity index (χ0v) is 10.5. The molecule has 1 amide bonds. The van der Waals surface area contributed by atoms with Crippen LogP contribution >= 0.6 is 12.2 Å². The van der Waals surface area contributed by atoms with Crippen LogP contribution < -0.4 is 5.73 Å². The van der Waals surface area contributed by atoms with E-state index in [9.17, 15) is 4.79 Å². The van der Waals surface area contributed by atoms with Crippen LogP contribution in [0.3, 0.4) is 0 Å². The van der Waals surface area contributed by atoms with Crippen LogP contribution in [0.4, 0.5) is 0 Å². The van der Waals surface area contributed by atoms with Gasteiger partial charge < -0.3 is 15.4 Å². The van der Waals surface area contributed by atoms with Gasteiger partial charge in [0.1, 0.15) is 6.61 Å². The topological polar surface area (TPSA) is 55.6 Å². The molecule has 0 saturated heterocycles. The monoisotopic (exact) mass is 232 g/mol. The number of carbonyl (C=O) groups excluding carboxylic acids is 1. The Morgan fingerprint density at radius 2 is 2.20 bits per heavy atom. The zero-order chi connectivity index (χ0) is 11.8. The number of ether oxygens (including phenoxy) is 1. The highest BCUT2D eigenvalue weighted by Crippen LogP contribution is 2.05. The van der Waals surface area contributed by atoms with Crippen molar-refractivity contribution in [3.8, 4) is 0 Å². The van der Waals surface area contributed by atoms with Gasteiger partial charge in [0, 0.05) is 26.1 Å². The van der Waals surface area contributed by atoms with E-state index in [1.165, 1.54) is 7.11 Å². The van der Waals surface area contributed by atoms with Crippen LogP contribution in [0.2, 0.25) is 0 Å². The molecule has 0 aliphatic carbocycles. The third-order valence-electron chi connectivity index (χ3n) is 2.31. The average Bonchev–Trinajstić information content (AvgIpc) is 2.17. The predicted octanol–water partition coefficient (Wildman–Crippen LogP) is 0.936. The molecule has 0 aliphatic rings. The first-order chi connectivity index (χ1) is 7.02. The molecule has 0 aromatic carbocycles. The van der Waals surface area contributed by atoms with E-state index in [1.807, 2.05) is 13.8 Å². The normalized spacial score (nSPS) is 12.2. The van der Waals surface area contributed by atoms with Crippen molar-refractivity contribution in [3.05, 3.63) is 0 Å². The third kappa shape index (κ3) is 5.69. The average molecular weight is 232 g/mol. The molecule has 0 aromatic rings. The summed E-state index contributed by atoms with van der Waals surface area (Å²) in [5.74, 6) is -0.0110. The number of methoxy groups -OCH3 is 1. The summed E-state index contributed by atoms with van der Waals surface area (Å²) < 4.78 is 4.83. The van der Waals surface area contributed by atoms with Crippen molar-refractivity contribution in [2.45, 2.75) is 32.7 Å². The van der Waals surface area contributed by atoms with Crippen LogP contribution in [-0.4, -0.2) is 42.1 Å². The maximum atomic E-state index is 11.7. The molecule has 0 bridgehead atoms. The first kappa shape index (κ1) is 14.3. The maximum Gasteiger partial charge on any atom is 0.248 e. The quantitative estimate of drug-likeness (QED) is 0.664. The summed E-state index contributed by atoms with van der Waals surface area (Å²) in [6.07, 6.45) is 1.47. The fourth-order valence-electron chi connectivity index (χ4n) is 1.25. The van der Waals surface area contributed by atoms with Crippen LogP contribution in [0.5, 0.6) is 0 Å². The van der Waals surface area contributed by atoms with Gasteiger partial charge in [-0.15, -0.1) is 0 Å². The van der Waals surface area contributed by atoms with Crippen LogP contribution in [0.15, 0.2) is 0 Å². The van der Waals surface area contributed by atoms with Crippen molar-refractivity contribution in [2.75, 3.05) is 20.3 Å². The number of thiocarbonyl (C=S) groups is 1. The second kappa shape index (κ2) is 7.59. The van der Waals surface area contributed by atoms with E-state index in [1.54, 1.807) is 4.90 Å². The van der Waals surface area contributed by atoms with Gasteiger partial charge in [0.05, 0.1) is 4.99 Å². The second-order valence-corrected chi connectivity index (χ2v) is 4.02. The largest absolute Gasteiger partial charge is 0.393 e. The maximum absolute atomic E-state index is 11.7. The summed E-state index contributed by atoms with van der Waals surface area (Å²) in [5.41, 5.74) is 5.42. The summed E-state index contributed by atoms with van der Waals surface area (Å²) in [7, 11) is 1.51. The summed E-state index contributed by atoms with van der Waals surface area (Å²) in [5, 5.41) is 0. The first-order valence-corrected chi connectivity index (χ1v) is 5.50. The van der Waals surface area contributed by atoms with Gasteiger partial charge in [-0.3, -0.25) is 4.79 Å². The predicted molar refractivity (Wildman–Crippen MR) is 64.7 cm³/mol. The van der Waals surface area contributed by atoms with Gasteiger partial charge in [-0.25, -0.2) is 0 Å². The lowest BCUT2D eigenvalue weighted by Crippen LogP contribution is -2.42. The Kier molecular flexibility index (Phi) is 7.25. The standard InChI is InChI=1S/C10H20N2O2S/c1-4-8(2)12(6-5-9(11)15)10(13)7-14-3/h8H,4-7H2,1-3H3,(H2,11,15). The molecule has 4 nitrogen and oxygen atoms in total. The highest BCUT2D eigenvalue weighted by atomic mass is 32.1. The van der Waals surface area contributed by atoms with Crippen molar-refractivity contribution in [1.29, 1.82) is 0 Å². The number of carbonyl (C=O) groups is 1. The molecule has 15 heavy (non-hydrogen) atoms. The van der Waals surface area contributed by atoms with Crippen LogP contribution in [0.1, 0.15) is 26.7 Å². The molecule has 5 heteroatoms. The Balaban J connectivity index is 4.29. The molecule has 0 aromatic heterocycles. The molecule has 2 N–H and O–H groups in total. The minimum absolute atomic E-state index is 0.0110. The SMILES string of the molecule is CCC(C)N(CCC(N)=S)C(=O)COC. The molecule has 1 unspecified atom stereocenters. The van der Waals surface area contributed by atoms with Crippen molar-refractivity contribution in [2.24, 2.45) is 5.73 Å². The Bertz CT molecular complexity index is 221. The van der Waals surface area contributed by atoms with Gasteiger partial charge >= 0.3 is 0 Å². The molecule has 88 valence electrons. The number of rotatable bonds is 7. The molecule has 0 fully saturated rings. The fraction of sp³-hybridized carbons (Fsp3) is 0.800. The van der Waals surface area contributed by atoms with Crippen molar-refractivity contribution in [1.82, 2.24) is 4.90 Å². The molecule has 0 saturated carbocycles. The van der Waals surface area contributed by atoms with E-state index < -0.39 is 0 Å². The summed E-state index contributed by atoms with van der Waals surface area (Å²) >= 11 is 4.80. The number of amides is 1. The van der Waals surface area contributed by atoms with E-state index >= 15 is 0 Å². The van der Waals surface area contributed by atoms with Crippen LogP contribution in [0.25, 0.3) is 0 Å². The molecule has 0 spiro atoms. The summed E-state index contributed by atoms with van der Waals surface area (Å²) in [4.78, 5) is 13.9. The van der Waals surface area contributed by atoms with Gasteiger partial charge in [-0.2, -0.15) is 0 Å². The highest BCUT2D eigenvalue weighted by Gasteiger charge is 2.18. The zero-order valence-electron chi connectivity index (χ0n) is 9.66. The summed E-state index contributed by atoms with van der Waals surface area (Å²) in [6, 6.07) is 0.196. The second-order valence-electron chi connectivity index (χ2n) is 3.49. The van der Waals surface area contributed by atoms with Gasteiger partial charge in [-0.1, -0.05) is 19.1 Å². The number of nitrogens with zero attached hydrogens (tertiary/aromatic N) is 1. The highest BCUT2D eigenvalue weighted by molar-refractivity contribution is 7.80. The molecular formula is C10H20N2O2S. The van der Waals surface area contributed by atoms with Crippen molar-refractivity contribution >= 4 is 23.1 Å². The molecule has 1 atom stereocenters. The number of hydrogen-bond donors (Lipinski definition) is 1. The smallest absolute Gasteiger partial charge is 0.248 e. The van der Waals surface area contributed by atoms with E-state index in [0.29, 0.717) is 18.0 Å². The van der Waals surface area contributed by atoms with Crippen LogP contribution in [-0.2, 0) is 9.53 Å². The molecule has 0 aliphatic heterocycles. The van der Waals surface area contributed by atoms with E-state index in [4.69, 9.17) is 22.7 Å². The minimum atomic E-state index is -0.0110. The van der Waals surface area contributed by atoms with Gasteiger partial charge in [0.2, 0.25) is 5.91 Å². The molecule has 0 heterocycles. The molecular weight excluding hydrogens is 212 g/mol. The van der Waals surface area contributed by atoms with E-state index in [0.717, 1.165) is 6.42 Å². The summed E-state index contributed by atoms with van der Waals surface area (Å²) in [6.45, 7) is 4.74. The Morgan fingerprint density at radius 1 is 1.60 bits per heavy atom. The van der Waals surface area contributed by atoms with Gasteiger partial charge in [-0.05, 0) is 13.3 Å². The van der Waals surface area contributed by atoms with Crippen molar-refractivity contribution in [3.63, 3.8) is 0 Å². The van der Waals surface area contributed by atoms with Crippen LogP contribution in [0, 0.1) is 0 Å². The molecule has 0 rings (SSSR count). The lowest BCUT2D eigenvalue weighted by molar-refractivity contribution is -0.137. The minimum Gasteiger partial charge on any atom is -0.393 e. The van der Waals surface area contributed by atoms with Gasteiger partial charge in [0.25, 0.3) is 0 Å². The Labute approximate surface area is 96.8 Å². The number of hydrogen-bond acceptors (Lipinski definition) is 3. The fourth-order valence-corrected chi connectivity index (χ4v) is 1.34.